The molecule has 3 heterocycles. The van der Waals surface area contributed by atoms with Crippen molar-refractivity contribution in [3.05, 3.63) is 74.0 Å². The smallest absolute Gasteiger partial charge is 0.254 e. The molecule has 0 aliphatic carbocycles. The minimum atomic E-state index is 0.565. The Bertz CT molecular complexity index is 1320. The fourth-order valence-corrected chi connectivity index (χ4v) is 4.40. The maximum Gasteiger partial charge on any atom is 0.254 e. The molecular formula is C22H26ClN7S. The summed E-state index contributed by atoms with van der Waals surface area (Å²) in [6, 6.07) is 9.90. The Labute approximate surface area is 191 Å². The van der Waals surface area contributed by atoms with E-state index in [-0.39, 0.29) is 0 Å². The zero-order valence-corrected chi connectivity index (χ0v) is 20.0. The number of hydrogen-bond acceptors (Lipinski definition) is 5. The Hall–Kier alpha value is -2.55. The molecule has 1 aromatic carbocycles. The minimum Gasteiger partial charge on any atom is -0.283 e. The molecule has 162 valence electrons. The number of hydrogen-bond donors (Lipinski definition) is 0. The first kappa shape index (κ1) is 21.7. The largest absolute Gasteiger partial charge is 0.283 e. The van der Waals surface area contributed by atoms with Gasteiger partial charge < -0.3 is 0 Å². The van der Waals surface area contributed by atoms with Crippen LogP contribution in [0, 0.1) is 32.5 Å². The van der Waals surface area contributed by atoms with Crippen molar-refractivity contribution in [2.45, 2.75) is 47.5 Å². The van der Waals surface area contributed by atoms with Crippen LogP contribution in [0.1, 0.15) is 33.9 Å². The van der Waals surface area contributed by atoms with Crippen LogP contribution < -0.4 is 0 Å². The van der Waals surface area contributed by atoms with E-state index in [9.17, 15) is 0 Å². The van der Waals surface area contributed by atoms with Crippen molar-refractivity contribution >= 4 is 29.6 Å². The number of nitrogens with zero attached hydrogens (tertiary/aromatic N) is 7. The first-order valence-electron chi connectivity index (χ1n) is 10.1. The van der Waals surface area contributed by atoms with Gasteiger partial charge in [0.25, 0.3) is 5.78 Å². The molecule has 31 heavy (non-hydrogen) atoms. The summed E-state index contributed by atoms with van der Waals surface area (Å²) in [5.41, 5.74) is 6.38. The van der Waals surface area contributed by atoms with Gasteiger partial charge in [-0.15, -0.1) is 5.10 Å². The van der Waals surface area contributed by atoms with Gasteiger partial charge in [-0.05, 0) is 64.7 Å². The van der Waals surface area contributed by atoms with Crippen LogP contribution in [0.5, 0.6) is 0 Å². The molecule has 0 amide bonds. The van der Waals surface area contributed by atoms with E-state index in [0.29, 0.717) is 23.8 Å². The summed E-state index contributed by atoms with van der Waals surface area (Å²) in [6.07, 6.45) is 0. The Balaban J connectivity index is 1.55. The van der Waals surface area contributed by atoms with E-state index in [0.717, 1.165) is 39.9 Å². The highest BCUT2D eigenvalue weighted by Crippen LogP contribution is 2.20. The fraction of sp³-hybridized carbons (Fsp3) is 0.364. The lowest BCUT2D eigenvalue weighted by Crippen LogP contribution is -2.23. The van der Waals surface area contributed by atoms with Crippen LogP contribution in [-0.4, -0.2) is 40.9 Å². The predicted octanol–water partition coefficient (Wildman–Crippen LogP) is 4.48. The summed E-state index contributed by atoms with van der Waals surface area (Å²) in [5.74, 6) is 0.635. The number of aromatic nitrogens is 6. The molecular weight excluding hydrogens is 430 g/mol. The Morgan fingerprint density at radius 1 is 1.06 bits per heavy atom. The average Bonchev–Trinajstić information content (AvgIpc) is 3.14. The molecule has 0 atom stereocenters. The minimum absolute atomic E-state index is 0.565. The lowest BCUT2D eigenvalue weighted by atomic mass is 10.2. The van der Waals surface area contributed by atoms with Gasteiger partial charge in [0.2, 0.25) is 4.77 Å². The molecule has 0 radical (unpaired) electrons. The number of halogens is 1. The quantitative estimate of drug-likeness (QED) is 0.401. The normalized spacial score (nSPS) is 11.7. The van der Waals surface area contributed by atoms with Crippen LogP contribution >= 0.6 is 23.8 Å². The standard InChI is InChI=1S/C22H26ClN7S/c1-14-10-15(2)30-21(24-14)26-29(22(30)31)13-27(5)12-19-16(3)25-28(17(19)4)11-18-8-6-7-9-20(18)23/h6-10H,11-13H2,1-5H3. The van der Waals surface area contributed by atoms with Crippen LogP contribution in [0.15, 0.2) is 30.3 Å². The molecule has 0 aliphatic heterocycles. The second-order valence-electron chi connectivity index (χ2n) is 8.01. The van der Waals surface area contributed by atoms with Crippen molar-refractivity contribution in [2.75, 3.05) is 7.05 Å². The third-order valence-electron chi connectivity index (χ3n) is 5.48. The van der Waals surface area contributed by atoms with Gasteiger partial charge in [0.05, 0.1) is 18.9 Å². The molecule has 0 unspecified atom stereocenters. The summed E-state index contributed by atoms with van der Waals surface area (Å²) in [4.78, 5) is 6.69. The first-order chi connectivity index (χ1) is 14.7. The van der Waals surface area contributed by atoms with Crippen LogP contribution in [0.25, 0.3) is 5.78 Å². The Kier molecular flexibility index (Phi) is 5.96. The van der Waals surface area contributed by atoms with Gasteiger partial charge in [0.1, 0.15) is 0 Å². The highest BCUT2D eigenvalue weighted by Gasteiger charge is 2.16. The van der Waals surface area contributed by atoms with Crippen molar-refractivity contribution in [3.8, 4) is 0 Å². The maximum absolute atomic E-state index is 6.34. The summed E-state index contributed by atoms with van der Waals surface area (Å²) in [7, 11) is 2.06. The molecule has 0 aliphatic rings. The lowest BCUT2D eigenvalue weighted by molar-refractivity contribution is 0.243. The van der Waals surface area contributed by atoms with Crippen molar-refractivity contribution in [2.24, 2.45) is 0 Å². The van der Waals surface area contributed by atoms with E-state index in [2.05, 4.69) is 29.0 Å². The third-order valence-corrected chi connectivity index (χ3v) is 6.24. The molecule has 0 saturated carbocycles. The Morgan fingerprint density at radius 2 is 1.81 bits per heavy atom. The lowest BCUT2D eigenvalue weighted by Gasteiger charge is -2.16. The summed E-state index contributed by atoms with van der Waals surface area (Å²) >= 11 is 12.0. The maximum atomic E-state index is 6.34. The van der Waals surface area contributed by atoms with Crippen LogP contribution in [-0.2, 0) is 19.8 Å². The molecule has 0 spiro atoms. The molecule has 9 heteroatoms. The molecule has 0 fully saturated rings. The van der Waals surface area contributed by atoms with Gasteiger partial charge >= 0.3 is 0 Å². The van der Waals surface area contributed by atoms with E-state index in [1.807, 2.05) is 64.9 Å². The van der Waals surface area contributed by atoms with Gasteiger partial charge in [-0.1, -0.05) is 29.8 Å². The third kappa shape index (κ3) is 4.28. The van der Waals surface area contributed by atoms with E-state index in [4.69, 9.17) is 28.9 Å². The van der Waals surface area contributed by atoms with Gasteiger partial charge in [-0.2, -0.15) is 5.10 Å². The molecule has 3 aromatic heterocycles. The predicted molar refractivity (Wildman–Crippen MR) is 125 cm³/mol. The Morgan fingerprint density at radius 3 is 2.55 bits per heavy atom. The van der Waals surface area contributed by atoms with Crippen molar-refractivity contribution in [1.29, 1.82) is 0 Å². The summed E-state index contributed by atoms with van der Waals surface area (Å²) < 4.78 is 6.40. The summed E-state index contributed by atoms with van der Waals surface area (Å²) in [6.45, 7) is 10.1. The highest BCUT2D eigenvalue weighted by atomic mass is 35.5. The molecule has 4 rings (SSSR count). The van der Waals surface area contributed by atoms with Gasteiger partial charge in [0.15, 0.2) is 0 Å². The molecule has 7 nitrogen and oxygen atoms in total. The zero-order chi connectivity index (χ0) is 22.3. The monoisotopic (exact) mass is 455 g/mol. The van der Waals surface area contributed by atoms with Crippen molar-refractivity contribution < 1.29 is 0 Å². The summed E-state index contributed by atoms with van der Waals surface area (Å²) in [5, 5.41) is 10.1. The van der Waals surface area contributed by atoms with Gasteiger partial charge in [-0.3, -0.25) is 14.0 Å². The van der Waals surface area contributed by atoms with E-state index in [1.165, 1.54) is 5.56 Å². The van der Waals surface area contributed by atoms with Crippen molar-refractivity contribution in [3.63, 3.8) is 0 Å². The molecule has 0 bridgehead atoms. The zero-order valence-electron chi connectivity index (χ0n) is 18.4. The van der Waals surface area contributed by atoms with Crippen LogP contribution in [0.3, 0.4) is 0 Å². The van der Waals surface area contributed by atoms with E-state index >= 15 is 0 Å². The second-order valence-corrected chi connectivity index (χ2v) is 8.78. The first-order valence-corrected chi connectivity index (χ1v) is 10.9. The molecule has 4 aromatic rings. The fourth-order valence-electron chi connectivity index (χ4n) is 3.88. The van der Waals surface area contributed by atoms with E-state index < -0.39 is 0 Å². The van der Waals surface area contributed by atoms with E-state index in [1.54, 1.807) is 0 Å². The SMILES string of the molecule is Cc1cc(C)n2c(=S)n(CN(C)Cc3c(C)nn(Cc4ccccc4Cl)c3C)nc2n1. The van der Waals surface area contributed by atoms with Gasteiger partial charge in [-0.25, -0.2) is 9.67 Å². The highest BCUT2D eigenvalue weighted by molar-refractivity contribution is 7.71. The number of rotatable bonds is 6. The van der Waals surface area contributed by atoms with Crippen LogP contribution in [0.2, 0.25) is 5.02 Å². The second kappa shape index (κ2) is 8.53. The topological polar surface area (TPSA) is 56.2 Å². The number of fused-ring (bicyclic) bond motifs is 1. The van der Waals surface area contributed by atoms with Gasteiger partial charge in [0, 0.05) is 34.2 Å². The van der Waals surface area contributed by atoms with Crippen molar-refractivity contribution in [1.82, 2.24) is 33.8 Å². The van der Waals surface area contributed by atoms with Crippen LogP contribution in [0.4, 0.5) is 0 Å². The molecule has 0 N–H and O–H groups in total. The number of benzene rings is 1. The number of aryl methyl sites for hydroxylation is 3. The molecule has 0 saturated heterocycles. The average molecular weight is 456 g/mol.